The fourth-order valence-electron chi connectivity index (χ4n) is 3.62. The normalized spacial score (nSPS) is 14.8. The van der Waals surface area contributed by atoms with Crippen molar-refractivity contribution in [1.82, 2.24) is 10.2 Å². The largest absolute Gasteiger partial charge is 0.482 e. The Morgan fingerprint density at radius 2 is 1.81 bits per heavy atom. The molecule has 1 atom stereocenters. The zero-order valence-electron chi connectivity index (χ0n) is 17.2. The molecule has 166 valence electrons. The Hall–Kier alpha value is -1.95. The molecular weight excluding hydrogens is 459 g/mol. The summed E-state index contributed by atoms with van der Waals surface area (Å²) in [6.07, 6.45) is 4.16. The Bertz CT molecular complexity index is 932. The molecule has 1 aliphatic carbocycles. The molecule has 1 N–H and O–H groups in total. The fraction of sp³-hybridized carbons (Fsp3) is 0.391. The SMILES string of the molecule is C[C@H](C(=O)NC1CCCC1)N(Cc1cccc(Cl)c1)C(=O)COc1ccc(Cl)cc1Cl. The first-order valence-corrected chi connectivity index (χ1v) is 11.4. The summed E-state index contributed by atoms with van der Waals surface area (Å²) in [5.41, 5.74) is 0.825. The molecule has 0 spiro atoms. The molecule has 0 aliphatic heterocycles. The van der Waals surface area contributed by atoms with Crippen LogP contribution in [-0.4, -0.2) is 35.4 Å². The van der Waals surface area contributed by atoms with Gasteiger partial charge in [0.2, 0.25) is 5.91 Å². The van der Waals surface area contributed by atoms with Crippen LogP contribution in [0.2, 0.25) is 15.1 Å². The number of ether oxygens (including phenoxy) is 1. The minimum atomic E-state index is -0.670. The monoisotopic (exact) mass is 482 g/mol. The topological polar surface area (TPSA) is 58.6 Å². The van der Waals surface area contributed by atoms with Crippen molar-refractivity contribution < 1.29 is 14.3 Å². The van der Waals surface area contributed by atoms with Crippen LogP contribution in [-0.2, 0) is 16.1 Å². The maximum absolute atomic E-state index is 13.1. The Kier molecular flexibility index (Phi) is 8.47. The van der Waals surface area contributed by atoms with Crippen LogP contribution in [0, 0.1) is 0 Å². The van der Waals surface area contributed by atoms with Crippen molar-refractivity contribution in [2.24, 2.45) is 0 Å². The average molecular weight is 484 g/mol. The highest BCUT2D eigenvalue weighted by Gasteiger charge is 2.29. The van der Waals surface area contributed by atoms with Crippen molar-refractivity contribution in [1.29, 1.82) is 0 Å². The first-order chi connectivity index (χ1) is 14.8. The smallest absolute Gasteiger partial charge is 0.261 e. The van der Waals surface area contributed by atoms with Crippen LogP contribution in [0.15, 0.2) is 42.5 Å². The molecule has 2 amide bonds. The summed E-state index contributed by atoms with van der Waals surface area (Å²) in [6.45, 7) is 1.70. The van der Waals surface area contributed by atoms with Gasteiger partial charge in [0.25, 0.3) is 5.91 Å². The molecule has 2 aromatic carbocycles. The van der Waals surface area contributed by atoms with E-state index in [1.54, 1.807) is 37.3 Å². The van der Waals surface area contributed by atoms with Gasteiger partial charge in [-0.2, -0.15) is 0 Å². The molecule has 31 heavy (non-hydrogen) atoms. The number of nitrogens with zero attached hydrogens (tertiary/aromatic N) is 1. The third-order valence-corrected chi connectivity index (χ3v) is 6.12. The second-order valence-electron chi connectivity index (χ2n) is 7.68. The number of amides is 2. The molecule has 1 saturated carbocycles. The van der Waals surface area contributed by atoms with Crippen molar-refractivity contribution >= 4 is 46.6 Å². The van der Waals surface area contributed by atoms with E-state index in [9.17, 15) is 9.59 Å². The maximum Gasteiger partial charge on any atom is 0.261 e. The number of carbonyl (C=O) groups is 2. The van der Waals surface area contributed by atoms with Crippen molar-refractivity contribution in [3.63, 3.8) is 0 Å². The lowest BCUT2D eigenvalue weighted by Gasteiger charge is -2.29. The van der Waals surface area contributed by atoms with Crippen LogP contribution in [0.3, 0.4) is 0 Å². The molecule has 0 unspecified atom stereocenters. The molecule has 0 saturated heterocycles. The minimum absolute atomic E-state index is 0.169. The summed E-state index contributed by atoms with van der Waals surface area (Å²) >= 11 is 18.1. The summed E-state index contributed by atoms with van der Waals surface area (Å²) in [7, 11) is 0. The van der Waals surface area contributed by atoms with E-state index >= 15 is 0 Å². The van der Waals surface area contributed by atoms with E-state index in [0.29, 0.717) is 20.8 Å². The summed E-state index contributed by atoms with van der Waals surface area (Å²) in [5.74, 6) is -0.156. The quantitative estimate of drug-likeness (QED) is 0.539. The first-order valence-electron chi connectivity index (χ1n) is 10.3. The lowest BCUT2D eigenvalue weighted by Crippen LogP contribution is -2.50. The van der Waals surface area contributed by atoms with Gasteiger partial charge in [0.15, 0.2) is 6.61 Å². The highest BCUT2D eigenvalue weighted by Crippen LogP contribution is 2.27. The van der Waals surface area contributed by atoms with Crippen LogP contribution in [0.25, 0.3) is 0 Å². The maximum atomic E-state index is 13.1. The Balaban J connectivity index is 1.73. The number of carbonyl (C=O) groups excluding carboxylic acids is 2. The van der Waals surface area contributed by atoms with Crippen molar-refractivity contribution in [3.05, 3.63) is 63.1 Å². The standard InChI is InChI=1S/C23H25Cl3N2O3/c1-15(23(30)27-19-7-2-3-8-19)28(13-16-5-4-6-17(24)11-16)22(29)14-31-21-10-9-18(25)12-20(21)26/h4-6,9-12,15,19H,2-3,7-8,13-14H2,1H3,(H,27,30)/t15-/m1/s1. The van der Waals surface area contributed by atoms with E-state index in [1.165, 1.54) is 4.90 Å². The van der Waals surface area contributed by atoms with Crippen LogP contribution in [0.4, 0.5) is 0 Å². The molecule has 0 aromatic heterocycles. The van der Waals surface area contributed by atoms with Crippen molar-refractivity contribution in [2.45, 2.75) is 51.2 Å². The summed E-state index contributed by atoms with van der Waals surface area (Å²) in [6, 6.07) is 11.5. The van der Waals surface area contributed by atoms with E-state index in [2.05, 4.69) is 5.32 Å². The lowest BCUT2D eigenvalue weighted by atomic mass is 10.1. The average Bonchev–Trinajstić information content (AvgIpc) is 3.23. The fourth-order valence-corrected chi connectivity index (χ4v) is 4.30. The van der Waals surface area contributed by atoms with Gasteiger partial charge >= 0.3 is 0 Å². The van der Waals surface area contributed by atoms with Gasteiger partial charge in [0.05, 0.1) is 5.02 Å². The highest BCUT2D eigenvalue weighted by atomic mass is 35.5. The zero-order valence-corrected chi connectivity index (χ0v) is 19.5. The van der Waals surface area contributed by atoms with E-state index in [-0.39, 0.29) is 31.0 Å². The number of rotatable bonds is 8. The van der Waals surface area contributed by atoms with Gasteiger partial charge in [-0.05, 0) is 55.7 Å². The van der Waals surface area contributed by atoms with Gasteiger partial charge in [-0.15, -0.1) is 0 Å². The predicted octanol–water partition coefficient (Wildman–Crippen LogP) is 5.50. The Morgan fingerprint density at radius 1 is 1.10 bits per heavy atom. The van der Waals surface area contributed by atoms with Gasteiger partial charge < -0.3 is 15.0 Å². The van der Waals surface area contributed by atoms with Crippen LogP contribution in [0.5, 0.6) is 5.75 Å². The van der Waals surface area contributed by atoms with Crippen LogP contribution < -0.4 is 10.1 Å². The third kappa shape index (κ3) is 6.76. The van der Waals surface area contributed by atoms with E-state index < -0.39 is 6.04 Å². The number of nitrogens with one attached hydrogen (secondary N) is 1. The third-order valence-electron chi connectivity index (χ3n) is 5.36. The zero-order chi connectivity index (χ0) is 22.4. The molecular formula is C23H25Cl3N2O3. The predicted molar refractivity (Wildman–Crippen MR) is 124 cm³/mol. The summed E-state index contributed by atoms with van der Waals surface area (Å²) in [4.78, 5) is 27.4. The lowest BCUT2D eigenvalue weighted by molar-refractivity contribution is -0.142. The highest BCUT2D eigenvalue weighted by molar-refractivity contribution is 6.35. The van der Waals surface area contributed by atoms with Crippen LogP contribution >= 0.6 is 34.8 Å². The van der Waals surface area contributed by atoms with Gasteiger partial charge in [0, 0.05) is 22.6 Å². The number of halogens is 3. The Labute approximate surface area is 197 Å². The van der Waals surface area contributed by atoms with Crippen molar-refractivity contribution in [2.75, 3.05) is 6.61 Å². The summed E-state index contributed by atoms with van der Waals surface area (Å²) in [5, 5.41) is 4.42. The van der Waals surface area contributed by atoms with Crippen molar-refractivity contribution in [3.8, 4) is 5.75 Å². The summed E-state index contributed by atoms with van der Waals surface area (Å²) < 4.78 is 5.62. The van der Waals surface area contributed by atoms with E-state index in [0.717, 1.165) is 31.2 Å². The second kappa shape index (κ2) is 11.1. The molecule has 1 aliphatic rings. The molecule has 1 fully saturated rings. The molecule has 5 nitrogen and oxygen atoms in total. The molecule has 3 rings (SSSR count). The first kappa shape index (κ1) is 23.7. The molecule has 2 aromatic rings. The Morgan fingerprint density at radius 3 is 2.48 bits per heavy atom. The van der Waals surface area contributed by atoms with E-state index in [1.807, 2.05) is 12.1 Å². The van der Waals surface area contributed by atoms with Gasteiger partial charge in [-0.3, -0.25) is 9.59 Å². The number of hydrogen-bond acceptors (Lipinski definition) is 3. The van der Waals surface area contributed by atoms with E-state index in [4.69, 9.17) is 39.5 Å². The molecule has 0 bridgehead atoms. The molecule has 8 heteroatoms. The van der Waals surface area contributed by atoms with Gasteiger partial charge in [0.1, 0.15) is 11.8 Å². The molecule has 0 heterocycles. The number of benzene rings is 2. The minimum Gasteiger partial charge on any atom is -0.482 e. The molecule has 0 radical (unpaired) electrons. The second-order valence-corrected chi connectivity index (χ2v) is 8.96. The van der Waals surface area contributed by atoms with Crippen LogP contribution in [0.1, 0.15) is 38.2 Å². The van der Waals surface area contributed by atoms with Gasteiger partial charge in [-0.25, -0.2) is 0 Å². The number of hydrogen-bond donors (Lipinski definition) is 1. The van der Waals surface area contributed by atoms with Gasteiger partial charge in [-0.1, -0.05) is 59.8 Å².